The van der Waals surface area contributed by atoms with Crippen LogP contribution in [0.5, 0.6) is 0 Å². The quantitative estimate of drug-likeness (QED) is 0.775. The van der Waals surface area contributed by atoms with E-state index in [0.717, 1.165) is 25.0 Å². The lowest BCUT2D eigenvalue weighted by Crippen LogP contribution is -2.43. The number of hydrogen-bond donors (Lipinski definition) is 1. The van der Waals surface area contributed by atoms with E-state index in [2.05, 4.69) is 9.97 Å². The van der Waals surface area contributed by atoms with Crippen molar-refractivity contribution >= 4 is 11.8 Å². The van der Waals surface area contributed by atoms with Crippen molar-refractivity contribution in [2.75, 3.05) is 26.8 Å². The Labute approximate surface area is 183 Å². The van der Waals surface area contributed by atoms with E-state index in [1.165, 1.54) is 13.2 Å². The number of benzene rings is 1. The van der Waals surface area contributed by atoms with Gasteiger partial charge in [0.25, 0.3) is 11.5 Å². The van der Waals surface area contributed by atoms with Gasteiger partial charge in [0.15, 0.2) is 11.6 Å². The predicted molar refractivity (Wildman–Crippen MR) is 110 cm³/mol. The van der Waals surface area contributed by atoms with Crippen LogP contribution in [0.25, 0.3) is 0 Å². The van der Waals surface area contributed by atoms with Crippen molar-refractivity contribution in [2.24, 2.45) is 0 Å². The minimum atomic E-state index is -1.09. The van der Waals surface area contributed by atoms with Gasteiger partial charge in [-0.25, -0.2) is 13.8 Å². The van der Waals surface area contributed by atoms with Crippen molar-refractivity contribution in [3.8, 4) is 0 Å². The molecule has 8 nitrogen and oxygen atoms in total. The zero-order chi connectivity index (χ0) is 22.8. The molecular formula is C22H24F2N4O4. The van der Waals surface area contributed by atoms with Crippen LogP contribution in [0.3, 0.4) is 0 Å². The van der Waals surface area contributed by atoms with E-state index in [0.29, 0.717) is 43.0 Å². The molecule has 4 rings (SSSR count). The van der Waals surface area contributed by atoms with Crippen molar-refractivity contribution in [1.82, 2.24) is 19.8 Å². The molecule has 2 amide bonds. The maximum atomic E-state index is 13.7. The number of likely N-dealkylation sites (tertiary alicyclic amines) is 1. The summed E-state index contributed by atoms with van der Waals surface area (Å²) in [7, 11) is 1.44. The summed E-state index contributed by atoms with van der Waals surface area (Å²) >= 11 is 0. The highest BCUT2D eigenvalue weighted by Crippen LogP contribution is 2.31. The molecule has 0 saturated carbocycles. The maximum Gasteiger partial charge on any atom is 0.256 e. The van der Waals surface area contributed by atoms with Crippen LogP contribution in [0.2, 0.25) is 0 Å². The molecule has 1 saturated heterocycles. The molecule has 2 aromatic rings. The Balaban J connectivity index is 1.61. The first-order valence-electron chi connectivity index (χ1n) is 10.5. The predicted octanol–water partition coefficient (Wildman–Crippen LogP) is 1.95. The summed E-state index contributed by atoms with van der Waals surface area (Å²) in [5.41, 5.74) is 0.740. The lowest BCUT2D eigenvalue weighted by Gasteiger charge is -2.36. The Morgan fingerprint density at radius 3 is 2.78 bits per heavy atom. The van der Waals surface area contributed by atoms with Gasteiger partial charge in [0, 0.05) is 32.2 Å². The first kappa shape index (κ1) is 22.1. The van der Waals surface area contributed by atoms with E-state index in [1.807, 2.05) is 0 Å². The zero-order valence-corrected chi connectivity index (χ0v) is 17.7. The molecule has 2 aliphatic rings. The normalized spacial score (nSPS) is 18.4. The van der Waals surface area contributed by atoms with Gasteiger partial charge in [0.05, 0.1) is 23.8 Å². The highest BCUT2D eigenvalue weighted by Gasteiger charge is 2.32. The molecule has 1 aromatic heterocycles. The number of ether oxygens (including phenoxy) is 1. The van der Waals surface area contributed by atoms with Gasteiger partial charge in [-0.15, -0.1) is 0 Å². The van der Waals surface area contributed by atoms with E-state index in [4.69, 9.17) is 4.74 Å². The van der Waals surface area contributed by atoms with Crippen LogP contribution in [0, 0.1) is 11.6 Å². The molecular weight excluding hydrogens is 422 g/mol. The van der Waals surface area contributed by atoms with E-state index in [-0.39, 0.29) is 30.2 Å². The minimum absolute atomic E-state index is 0.0448. The molecule has 1 aromatic carbocycles. The number of fused-ring (bicyclic) bond motifs is 1. The van der Waals surface area contributed by atoms with Crippen LogP contribution in [0.4, 0.5) is 8.78 Å². The summed E-state index contributed by atoms with van der Waals surface area (Å²) in [5.74, 6) is -2.36. The van der Waals surface area contributed by atoms with Crippen LogP contribution in [-0.4, -0.2) is 58.4 Å². The average molecular weight is 446 g/mol. The van der Waals surface area contributed by atoms with Crippen molar-refractivity contribution < 1.29 is 23.1 Å². The number of carbonyl (C=O) groups excluding carboxylic acids is 2. The van der Waals surface area contributed by atoms with Crippen molar-refractivity contribution in [3.05, 3.63) is 62.8 Å². The largest absolute Gasteiger partial charge is 0.375 e. The molecule has 0 radical (unpaired) electrons. The molecule has 0 spiro atoms. The topological polar surface area (TPSA) is 95.6 Å². The molecule has 170 valence electrons. The number of H-pyrrole nitrogens is 1. The van der Waals surface area contributed by atoms with Crippen LogP contribution in [-0.2, 0) is 22.5 Å². The van der Waals surface area contributed by atoms with Crippen molar-refractivity contribution in [2.45, 2.75) is 38.3 Å². The highest BCUT2D eigenvalue weighted by molar-refractivity contribution is 5.94. The number of piperidine rings is 1. The number of aromatic amines is 1. The minimum Gasteiger partial charge on any atom is -0.375 e. The molecule has 1 fully saturated rings. The van der Waals surface area contributed by atoms with Gasteiger partial charge in [0.2, 0.25) is 5.91 Å². The first-order valence-corrected chi connectivity index (χ1v) is 10.5. The van der Waals surface area contributed by atoms with E-state index < -0.39 is 23.6 Å². The van der Waals surface area contributed by atoms with Crippen molar-refractivity contribution in [1.29, 1.82) is 0 Å². The molecule has 1 N–H and O–H groups in total. The Kier molecular flexibility index (Phi) is 6.31. The summed E-state index contributed by atoms with van der Waals surface area (Å²) in [5, 5.41) is 0. The van der Waals surface area contributed by atoms with E-state index >= 15 is 0 Å². The first-order chi connectivity index (χ1) is 15.4. The maximum absolute atomic E-state index is 13.7. The van der Waals surface area contributed by atoms with Crippen LogP contribution in [0.1, 0.15) is 52.7 Å². The third-order valence-electron chi connectivity index (χ3n) is 5.95. The Bertz CT molecular complexity index is 1100. The highest BCUT2D eigenvalue weighted by atomic mass is 19.2. The van der Waals surface area contributed by atoms with Crippen LogP contribution < -0.4 is 5.56 Å². The summed E-state index contributed by atoms with van der Waals surface area (Å²) in [6.45, 7) is 0.944. The van der Waals surface area contributed by atoms with Gasteiger partial charge in [-0.1, -0.05) is 0 Å². The fourth-order valence-corrected chi connectivity index (χ4v) is 4.28. The van der Waals surface area contributed by atoms with Crippen molar-refractivity contribution in [3.63, 3.8) is 0 Å². The second-order valence-corrected chi connectivity index (χ2v) is 8.01. The molecule has 0 bridgehead atoms. The number of hydrogen-bond acceptors (Lipinski definition) is 5. The zero-order valence-electron chi connectivity index (χ0n) is 17.7. The molecule has 0 aliphatic carbocycles. The Morgan fingerprint density at radius 1 is 1.22 bits per heavy atom. The molecule has 3 heterocycles. The number of halogens is 2. The molecule has 1 atom stereocenters. The summed E-state index contributed by atoms with van der Waals surface area (Å²) in [6.07, 6.45) is 2.62. The second kappa shape index (κ2) is 9.15. The lowest BCUT2D eigenvalue weighted by atomic mass is 9.99. The summed E-state index contributed by atoms with van der Waals surface area (Å²) in [6, 6.07) is 2.59. The molecule has 1 unspecified atom stereocenters. The van der Waals surface area contributed by atoms with Gasteiger partial charge in [0.1, 0.15) is 12.4 Å². The SMILES string of the molecule is COCC(=O)N1CCc2nc(C3CCCCN3C(=O)c3ccc(F)c(F)c3)[nH]c(=O)c2C1. The van der Waals surface area contributed by atoms with Gasteiger partial charge in [-0.2, -0.15) is 0 Å². The molecule has 2 aliphatic heterocycles. The van der Waals surface area contributed by atoms with Gasteiger partial charge >= 0.3 is 0 Å². The number of nitrogens with one attached hydrogen (secondary N) is 1. The second-order valence-electron chi connectivity index (χ2n) is 8.01. The van der Waals surface area contributed by atoms with E-state index in [9.17, 15) is 23.2 Å². The standard InChI is InChI=1S/C22H24F2N4O4/c1-32-12-19(29)27-9-7-17-14(11-27)21(30)26-20(25-17)18-4-2-3-8-28(18)22(31)13-5-6-15(23)16(24)10-13/h5-6,10,18H,2-4,7-9,11-12H2,1H3,(H,25,26,30). The number of nitrogens with zero attached hydrogens (tertiary/aromatic N) is 3. The van der Waals surface area contributed by atoms with Gasteiger partial charge in [-0.3, -0.25) is 14.4 Å². The number of carbonyl (C=O) groups is 2. The number of methoxy groups -OCH3 is 1. The Morgan fingerprint density at radius 2 is 2.03 bits per heavy atom. The average Bonchev–Trinajstić information content (AvgIpc) is 2.80. The fourth-order valence-electron chi connectivity index (χ4n) is 4.28. The summed E-state index contributed by atoms with van der Waals surface area (Å²) in [4.78, 5) is 48.5. The Hall–Kier alpha value is -3.14. The third kappa shape index (κ3) is 4.27. The number of aromatic nitrogens is 2. The molecule has 10 heteroatoms. The van der Waals surface area contributed by atoms with Crippen LogP contribution >= 0.6 is 0 Å². The van der Waals surface area contributed by atoms with Gasteiger partial charge in [-0.05, 0) is 37.5 Å². The third-order valence-corrected chi connectivity index (χ3v) is 5.95. The summed E-state index contributed by atoms with van der Waals surface area (Å²) < 4.78 is 31.8. The lowest BCUT2D eigenvalue weighted by molar-refractivity contribution is -0.136. The fraction of sp³-hybridized carbons (Fsp3) is 0.455. The number of rotatable bonds is 4. The number of amides is 2. The smallest absolute Gasteiger partial charge is 0.256 e. The van der Waals surface area contributed by atoms with E-state index in [1.54, 1.807) is 9.80 Å². The molecule has 32 heavy (non-hydrogen) atoms. The van der Waals surface area contributed by atoms with Crippen LogP contribution in [0.15, 0.2) is 23.0 Å². The van der Waals surface area contributed by atoms with Gasteiger partial charge < -0.3 is 19.5 Å². The monoisotopic (exact) mass is 446 g/mol.